The number of hydrogen-bond acceptors (Lipinski definition) is 4. The van der Waals surface area contributed by atoms with E-state index in [1.807, 2.05) is 0 Å². The van der Waals surface area contributed by atoms with Gasteiger partial charge in [0.15, 0.2) is 0 Å². The zero-order valence-electron chi connectivity index (χ0n) is 9.69. The largest absolute Gasteiger partial charge is 0.396 e. The number of carbonyl (C=O) groups excluding carboxylic acids is 2. The van der Waals surface area contributed by atoms with Crippen LogP contribution in [0.15, 0.2) is 0 Å². The predicted octanol–water partition coefficient (Wildman–Crippen LogP) is -1.19. The second-order valence-electron chi connectivity index (χ2n) is 3.82. The van der Waals surface area contributed by atoms with Crippen molar-refractivity contribution in [3.05, 3.63) is 0 Å². The highest BCUT2D eigenvalue weighted by Gasteiger charge is 2.19. The summed E-state index contributed by atoms with van der Waals surface area (Å²) >= 11 is 0. The van der Waals surface area contributed by atoms with Crippen molar-refractivity contribution in [3.8, 4) is 0 Å². The van der Waals surface area contributed by atoms with E-state index >= 15 is 0 Å². The summed E-state index contributed by atoms with van der Waals surface area (Å²) in [6.07, 6.45) is 2.28. The molecule has 2 amide bonds. The minimum Gasteiger partial charge on any atom is -0.396 e. The molecule has 94 valence electrons. The molecule has 0 fully saturated rings. The topological polar surface area (TPSA) is 110 Å². The van der Waals surface area contributed by atoms with Gasteiger partial charge in [-0.1, -0.05) is 0 Å². The lowest BCUT2D eigenvalue weighted by atomic mass is 10.1. The second-order valence-corrected chi connectivity index (χ2v) is 3.82. The molecule has 0 aromatic rings. The molecule has 0 aromatic heterocycles. The molecule has 0 rings (SSSR count). The summed E-state index contributed by atoms with van der Waals surface area (Å²) in [5.74, 6) is -0.850. The maximum atomic E-state index is 11.6. The van der Waals surface area contributed by atoms with E-state index in [1.54, 1.807) is 7.05 Å². The number of aliphatic hydroxyl groups is 1. The summed E-state index contributed by atoms with van der Waals surface area (Å²) in [6.45, 7) is 0.740. The van der Waals surface area contributed by atoms with Gasteiger partial charge >= 0.3 is 0 Å². The Kier molecular flexibility index (Phi) is 7.49. The van der Waals surface area contributed by atoms with Crippen LogP contribution >= 0.6 is 0 Å². The van der Waals surface area contributed by atoms with Gasteiger partial charge in [-0.05, 0) is 19.3 Å². The molecule has 1 atom stereocenters. The molecular weight excluding hydrogens is 210 g/mol. The van der Waals surface area contributed by atoms with Gasteiger partial charge in [0.05, 0.1) is 12.5 Å². The fourth-order valence-electron chi connectivity index (χ4n) is 1.33. The third kappa shape index (κ3) is 6.36. The molecule has 0 aliphatic carbocycles. The van der Waals surface area contributed by atoms with Gasteiger partial charge in [0.1, 0.15) is 0 Å². The molecule has 16 heavy (non-hydrogen) atoms. The molecular formula is C10H21N3O3. The third-order valence-electron chi connectivity index (χ3n) is 2.27. The number of aliphatic hydroxyl groups excluding tert-OH is 1. The molecule has 0 aliphatic heterocycles. The van der Waals surface area contributed by atoms with E-state index in [-0.39, 0.29) is 18.9 Å². The number of nitrogens with two attached hydrogens (primary N) is 2. The highest BCUT2D eigenvalue weighted by Crippen LogP contribution is 2.00. The van der Waals surface area contributed by atoms with Crippen LogP contribution in [0.2, 0.25) is 0 Å². The van der Waals surface area contributed by atoms with Gasteiger partial charge in [0.25, 0.3) is 0 Å². The Hall–Kier alpha value is -1.14. The number of nitrogens with zero attached hydrogens (tertiary/aromatic N) is 1. The Bertz CT molecular complexity index is 233. The van der Waals surface area contributed by atoms with Crippen molar-refractivity contribution in [1.82, 2.24) is 4.90 Å². The molecule has 0 radical (unpaired) electrons. The molecule has 1 unspecified atom stereocenters. The summed E-state index contributed by atoms with van der Waals surface area (Å²) in [7, 11) is 1.64. The third-order valence-corrected chi connectivity index (χ3v) is 2.27. The fraction of sp³-hybridized carbons (Fsp3) is 0.800. The molecule has 0 heterocycles. The molecule has 0 saturated carbocycles. The number of primary amides is 1. The average Bonchev–Trinajstić information content (AvgIpc) is 2.22. The van der Waals surface area contributed by atoms with Gasteiger partial charge in [0.2, 0.25) is 11.8 Å². The van der Waals surface area contributed by atoms with Crippen LogP contribution in [0.3, 0.4) is 0 Å². The van der Waals surface area contributed by atoms with E-state index in [2.05, 4.69) is 0 Å². The average molecular weight is 231 g/mol. The molecule has 0 saturated heterocycles. The van der Waals surface area contributed by atoms with Gasteiger partial charge in [-0.3, -0.25) is 9.59 Å². The van der Waals surface area contributed by atoms with Crippen LogP contribution < -0.4 is 11.5 Å². The fourth-order valence-corrected chi connectivity index (χ4v) is 1.33. The van der Waals surface area contributed by atoms with Gasteiger partial charge in [-0.15, -0.1) is 0 Å². The van der Waals surface area contributed by atoms with E-state index in [1.165, 1.54) is 4.90 Å². The second kappa shape index (κ2) is 8.06. The first-order valence-corrected chi connectivity index (χ1v) is 5.38. The van der Waals surface area contributed by atoms with Crippen LogP contribution in [0.5, 0.6) is 0 Å². The Morgan fingerprint density at radius 2 is 1.94 bits per heavy atom. The Morgan fingerprint density at radius 1 is 1.31 bits per heavy atom. The van der Waals surface area contributed by atoms with Crippen LogP contribution in [0.25, 0.3) is 0 Å². The monoisotopic (exact) mass is 231 g/mol. The first-order valence-electron chi connectivity index (χ1n) is 5.38. The maximum Gasteiger partial charge on any atom is 0.239 e. The number of unbranched alkanes of at least 4 members (excludes halogenated alkanes) is 2. The van der Waals surface area contributed by atoms with Crippen molar-refractivity contribution >= 4 is 11.8 Å². The van der Waals surface area contributed by atoms with Crippen molar-refractivity contribution in [2.45, 2.75) is 31.7 Å². The number of hydrogen-bond donors (Lipinski definition) is 3. The summed E-state index contributed by atoms with van der Waals surface area (Å²) < 4.78 is 0. The molecule has 6 nitrogen and oxygen atoms in total. The van der Waals surface area contributed by atoms with Crippen LogP contribution in [0.4, 0.5) is 0 Å². The highest BCUT2D eigenvalue weighted by atomic mass is 16.3. The standard InChI is InChI=1S/C10H21N3O3/c1-13(5-3-2-4-6-14)10(16)8(11)7-9(12)15/h8,14H,2-7,11H2,1H3,(H2,12,15). The van der Waals surface area contributed by atoms with Crippen LogP contribution in [0.1, 0.15) is 25.7 Å². The number of rotatable bonds is 8. The van der Waals surface area contributed by atoms with E-state index in [4.69, 9.17) is 16.6 Å². The predicted molar refractivity (Wildman–Crippen MR) is 60.4 cm³/mol. The summed E-state index contributed by atoms with van der Waals surface area (Å²) in [5.41, 5.74) is 10.5. The van der Waals surface area contributed by atoms with Gasteiger partial charge in [-0.25, -0.2) is 0 Å². The maximum absolute atomic E-state index is 11.6. The van der Waals surface area contributed by atoms with Crippen molar-refractivity contribution in [2.24, 2.45) is 11.5 Å². The molecule has 5 N–H and O–H groups in total. The van der Waals surface area contributed by atoms with E-state index in [0.29, 0.717) is 6.54 Å². The first kappa shape index (κ1) is 14.9. The SMILES string of the molecule is CN(CCCCCO)C(=O)C(N)CC(N)=O. The Morgan fingerprint density at radius 3 is 2.44 bits per heavy atom. The molecule has 0 bridgehead atoms. The summed E-state index contributed by atoms with van der Waals surface area (Å²) in [4.78, 5) is 23.7. The molecule has 0 aliphatic rings. The normalized spacial score (nSPS) is 12.2. The molecule has 0 spiro atoms. The number of likely N-dealkylation sites (N-methyl/N-ethyl adjacent to an activating group) is 1. The first-order chi connectivity index (χ1) is 7.49. The van der Waals surface area contributed by atoms with Crippen molar-refractivity contribution in [3.63, 3.8) is 0 Å². The highest BCUT2D eigenvalue weighted by molar-refractivity contribution is 5.87. The van der Waals surface area contributed by atoms with Crippen LogP contribution in [0, 0.1) is 0 Å². The van der Waals surface area contributed by atoms with Gasteiger partial charge in [-0.2, -0.15) is 0 Å². The quantitative estimate of drug-likeness (QED) is 0.456. The van der Waals surface area contributed by atoms with Crippen molar-refractivity contribution < 1.29 is 14.7 Å². The van der Waals surface area contributed by atoms with E-state index in [0.717, 1.165) is 19.3 Å². The lowest BCUT2D eigenvalue weighted by Crippen LogP contribution is -2.44. The van der Waals surface area contributed by atoms with Crippen molar-refractivity contribution in [2.75, 3.05) is 20.2 Å². The van der Waals surface area contributed by atoms with E-state index in [9.17, 15) is 9.59 Å². The zero-order valence-corrected chi connectivity index (χ0v) is 9.69. The van der Waals surface area contributed by atoms with Gasteiger partial charge in [0, 0.05) is 20.2 Å². The number of amides is 2. The smallest absolute Gasteiger partial charge is 0.239 e. The lowest BCUT2D eigenvalue weighted by molar-refractivity contribution is -0.133. The molecule has 6 heteroatoms. The minimum atomic E-state index is -0.847. The van der Waals surface area contributed by atoms with Crippen LogP contribution in [-0.4, -0.2) is 48.1 Å². The Labute approximate surface area is 95.6 Å². The lowest BCUT2D eigenvalue weighted by Gasteiger charge is -2.20. The minimum absolute atomic E-state index is 0.125. The summed E-state index contributed by atoms with van der Waals surface area (Å²) in [6, 6.07) is -0.847. The van der Waals surface area contributed by atoms with Crippen molar-refractivity contribution in [1.29, 1.82) is 0 Å². The van der Waals surface area contributed by atoms with E-state index < -0.39 is 11.9 Å². The zero-order chi connectivity index (χ0) is 12.6. The Balaban J connectivity index is 3.84. The van der Waals surface area contributed by atoms with Crippen LogP contribution in [-0.2, 0) is 9.59 Å². The number of carbonyl (C=O) groups is 2. The summed E-state index contributed by atoms with van der Waals surface area (Å²) in [5, 5.41) is 8.58. The van der Waals surface area contributed by atoms with Gasteiger partial charge < -0.3 is 21.5 Å². The molecule has 0 aromatic carbocycles.